The molecular weight excluding hydrogens is 250 g/mol. The van der Waals surface area contributed by atoms with Crippen LogP contribution in [-0.4, -0.2) is 11.8 Å². The molecule has 2 fully saturated rings. The van der Waals surface area contributed by atoms with Gasteiger partial charge in [-0.2, -0.15) is 0 Å². The second-order valence-electron chi connectivity index (χ2n) is 6.38. The lowest BCUT2D eigenvalue weighted by molar-refractivity contribution is -0.122. The summed E-state index contributed by atoms with van der Waals surface area (Å²) in [6, 6.07) is 5.90. The maximum atomic E-state index is 12.7. The third-order valence-corrected chi connectivity index (χ3v) is 4.85. The van der Waals surface area contributed by atoms with Gasteiger partial charge in [0.25, 0.3) is 0 Å². The number of carbonyl (C=O) groups excluding carboxylic acids is 2. The summed E-state index contributed by atoms with van der Waals surface area (Å²) in [5.41, 5.74) is 2.81. The fourth-order valence-corrected chi connectivity index (χ4v) is 3.77. The van der Waals surface area contributed by atoms with Gasteiger partial charge in [0.05, 0.1) is 17.5 Å². The normalized spacial score (nSPS) is 29.8. The monoisotopic (exact) mass is 271 g/mol. The van der Waals surface area contributed by atoms with Gasteiger partial charge in [0.2, 0.25) is 11.8 Å². The van der Waals surface area contributed by atoms with Gasteiger partial charge in [-0.05, 0) is 50.2 Å². The van der Waals surface area contributed by atoms with E-state index in [0.29, 0.717) is 5.92 Å². The van der Waals surface area contributed by atoms with Crippen LogP contribution in [0.25, 0.3) is 0 Å². The Morgan fingerprint density at radius 1 is 1.00 bits per heavy atom. The lowest BCUT2D eigenvalue weighted by atomic mass is 9.76. The first-order valence-corrected chi connectivity index (χ1v) is 7.44. The summed E-state index contributed by atoms with van der Waals surface area (Å²) in [5.74, 6) is 0.405. The van der Waals surface area contributed by atoms with Crippen LogP contribution in [0.5, 0.6) is 0 Å². The van der Waals surface area contributed by atoms with Crippen molar-refractivity contribution in [1.29, 1.82) is 0 Å². The molecule has 1 saturated heterocycles. The van der Waals surface area contributed by atoms with Crippen molar-refractivity contribution in [1.82, 2.24) is 0 Å². The molecule has 1 aromatic carbocycles. The third kappa shape index (κ3) is 1.88. The van der Waals surface area contributed by atoms with Crippen LogP contribution in [0.15, 0.2) is 18.2 Å². The largest absolute Gasteiger partial charge is 0.274 e. The Hall–Kier alpha value is -1.64. The molecule has 1 aliphatic heterocycles. The van der Waals surface area contributed by atoms with E-state index in [9.17, 15) is 9.59 Å². The Labute approximate surface area is 120 Å². The van der Waals surface area contributed by atoms with E-state index in [-0.39, 0.29) is 23.7 Å². The summed E-state index contributed by atoms with van der Waals surface area (Å²) in [7, 11) is 0. The summed E-state index contributed by atoms with van der Waals surface area (Å²) in [6.45, 7) is 6.11. The van der Waals surface area contributed by atoms with E-state index in [1.807, 2.05) is 32.0 Å². The van der Waals surface area contributed by atoms with E-state index in [0.717, 1.165) is 36.1 Å². The van der Waals surface area contributed by atoms with Gasteiger partial charge in [-0.15, -0.1) is 0 Å². The van der Waals surface area contributed by atoms with Gasteiger partial charge in [-0.25, -0.2) is 4.90 Å². The molecule has 0 bridgehead atoms. The Balaban J connectivity index is 2.03. The first-order chi connectivity index (χ1) is 9.50. The maximum Gasteiger partial charge on any atom is 0.237 e. The number of anilines is 1. The second-order valence-corrected chi connectivity index (χ2v) is 6.38. The number of hydrogen-bond donors (Lipinski definition) is 0. The molecule has 2 amide bonds. The minimum absolute atomic E-state index is 0.0175. The molecule has 1 aromatic rings. The fourth-order valence-electron chi connectivity index (χ4n) is 3.77. The molecule has 0 spiro atoms. The van der Waals surface area contributed by atoms with Crippen LogP contribution in [0, 0.1) is 31.6 Å². The molecule has 3 unspecified atom stereocenters. The predicted molar refractivity (Wildman–Crippen MR) is 78.4 cm³/mol. The quantitative estimate of drug-likeness (QED) is 0.735. The minimum atomic E-state index is -0.0924. The predicted octanol–water partition coefficient (Wildman–Crippen LogP) is 3.23. The highest BCUT2D eigenvalue weighted by Gasteiger charge is 2.50. The zero-order valence-electron chi connectivity index (χ0n) is 12.3. The molecule has 0 aromatic heterocycles. The van der Waals surface area contributed by atoms with Gasteiger partial charge < -0.3 is 0 Å². The van der Waals surface area contributed by atoms with Gasteiger partial charge in [-0.1, -0.05) is 25.1 Å². The summed E-state index contributed by atoms with van der Waals surface area (Å²) in [6.07, 6.45) is 2.77. The number of nitrogens with zero attached hydrogens (tertiary/aromatic N) is 1. The van der Waals surface area contributed by atoms with Crippen molar-refractivity contribution in [2.24, 2.45) is 17.8 Å². The van der Waals surface area contributed by atoms with Crippen LogP contribution in [0.4, 0.5) is 5.69 Å². The number of aryl methyl sites for hydroxylation is 2. The van der Waals surface area contributed by atoms with Crippen LogP contribution in [0.1, 0.15) is 37.3 Å². The van der Waals surface area contributed by atoms with Crippen LogP contribution >= 0.6 is 0 Å². The lowest BCUT2D eigenvalue weighted by Crippen LogP contribution is -2.32. The van der Waals surface area contributed by atoms with Crippen molar-refractivity contribution < 1.29 is 9.59 Å². The van der Waals surface area contributed by atoms with Crippen molar-refractivity contribution in [3.8, 4) is 0 Å². The molecule has 1 heterocycles. The minimum Gasteiger partial charge on any atom is -0.274 e. The van der Waals surface area contributed by atoms with E-state index < -0.39 is 0 Å². The molecule has 0 radical (unpaired) electrons. The molecule has 3 rings (SSSR count). The number of rotatable bonds is 1. The molecule has 106 valence electrons. The standard InChI is InChI=1S/C17H21NO2/c1-10-7-8-13-14(9-10)17(20)18(16(13)19)15-11(2)5-4-6-12(15)3/h4-6,10,13-14H,7-9H2,1-3H3. The summed E-state index contributed by atoms with van der Waals surface area (Å²) in [5, 5.41) is 0. The zero-order chi connectivity index (χ0) is 14.4. The highest BCUT2D eigenvalue weighted by molar-refractivity contribution is 6.22. The van der Waals surface area contributed by atoms with E-state index in [2.05, 4.69) is 6.92 Å². The van der Waals surface area contributed by atoms with Crippen LogP contribution in [-0.2, 0) is 9.59 Å². The fraction of sp³-hybridized carbons (Fsp3) is 0.529. The Bertz CT molecular complexity index is 558. The van der Waals surface area contributed by atoms with E-state index >= 15 is 0 Å². The molecule has 3 heteroatoms. The van der Waals surface area contributed by atoms with Gasteiger partial charge in [0.15, 0.2) is 0 Å². The van der Waals surface area contributed by atoms with Crippen molar-refractivity contribution >= 4 is 17.5 Å². The summed E-state index contributed by atoms with van der Waals surface area (Å²) in [4.78, 5) is 26.8. The van der Waals surface area contributed by atoms with Gasteiger partial charge >= 0.3 is 0 Å². The van der Waals surface area contributed by atoms with E-state index in [1.54, 1.807) is 0 Å². The van der Waals surface area contributed by atoms with Gasteiger partial charge in [0, 0.05) is 0 Å². The zero-order valence-corrected chi connectivity index (χ0v) is 12.3. The maximum absolute atomic E-state index is 12.7. The lowest BCUT2D eigenvalue weighted by Gasteiger charge is -2.25. The number of imide groups is 1. The molecule has 1 saturated carbocycles. The SMILES string of the molecule is Cc1cccc(C)c1N1C(=O)C2CCC(C)CC2C1=O. The summed E-state index contributed by atoms with van der Waals surface area (Å²) >= 11 is 0. The molecular formula is C17H21NO2. The first-order valence-electron chi connectivity index (χ1n) is 7.44. The van der Waals surface area contributed by atoms with Crippen LogP contribution < -0.4 is 4.90 Å². The van der Waals surface area contributed by atoms with Gasteiger partial charge in [-0.3, -0.25) is 9.59 Å². The van der Waals surface area contributed by atoms with Crippen molar-refractivity contribution in [3.05, 3.63) is 29.3 Å². The molecule has 3 nitrogen and oxygen atoms in total. The van der Waals surface area contributed by atoms with Crippen molar-refractivity contribution in [2.75, 3.05) is 4.90 Å². The Kier molecular flexibility index (Phi) is 3.15. The first kappa shape index (κ1) is 13.3. The number of amides is 2. The molecule has 0 N–H and O–H groups in total. The number of carbonyl (C=O) groups is 2. The topological polar surface area (TPSA) is 37.4 Å². The molecule has 20 heavy (non-hydrogen) atoms. The second kappa shape index (κ2) is 4.72. The molecule has 1 aliphatic carbocycles. The number of para-hydroxylation sites is 1. The number of fused-ring (bicyclic) bond motifs is 1. The Morgan fingerprint density at radius 2 is 1.60 bits per heavy atom. The van der Waals surface area contributed by atoms with E-state index in [4.69, 9.17) is 0 Å². The number of benzene rings is 1. The van der Waals surface area contributed by atoms with E-state index in [1.165, 1.54) is 4.90 Å². The highest BCUT2D eigenvalue weighted by Crippen LogP contribution is 2.43. The smallest absolute Gasteiger partial charge is 0.237 e. The van der Waals surface area contributed by atoms with Crippen molar-refractivity contribution in [2.45, 2.75) is 40.0 Å². The van der Waals surface area contributed by atoms with Crippen LogP contribution in [0.3, 0.4) is 0 Å². The summed E-state index contributed by atoms with van der Waals surface area (Å²) < 4.78 is 0. The molecule has 2 aliphatic rings. The van der Waals surface area contributed by atoms with Crippen molar-refractivity contribution in [3.63, 3.8) is 0 Å². The van der Waals surface area contributed by atoms with Crippen LogP contribution in [0.2, 0.25) is 0 Å². The average molecular weight is 271 g/mol. The Morgan fingerprint density at radius 3 is 2.25 bits per heavy atom. The number of hydrogen-bond acceptors (Lipinski definition) is 2. The average Bonchev–Trinajstić information content (AvgIpc) is 2.63. The third-order valence-electron chi connectivity index (χ3n) is 4.85. The van der Waals surface area contributed by atoms with Gasteiger partial charge in [0.1, 0.15) is 0 Å². The molecule has 3 atom stereocenters. The highest BCUT2D eigenvalue weighted by atomic mass is 16.2.